The van der Waals surface area contributed by atoms with Gasteiger partial charge in [-0.05, 0) is 13.3 Å². The second-order valence-corrected chi connectivity index (χ2v) is 6.66. The van der Waals surface area contributed by atoms with Crippen molar-refractivity contribution >= 4 is 21.4 Å². The van der Waals surface area contributed by atoms with Crippen molar-refractivity contribution in [2.45, 2.75) is 23.6 Å². The van der Waals surface area contributed by atoms with Crippen LogP contribution in [-0.4, -0.2) is 44.9 Å². The summed E-state index contributed by atoms with van der Waals surface area (Å²) in [5, 5.41) is 9.76. The van der Waals surface area contributed by atoms with Crippen molar-refractivity contribution < 1.29 is 18.3 Å². The first kappa shape index (κ1) is 14.5. The highest BCUT2D eigenvalue weighted by molar-refractivity contribution is 7.91. The van der Waals surface area contributed by atoms with Crippen molar-refractivity contribution in [1.82, 2.24) is 9.71 Å². The third-order valence-corrected chi connectivity index (χ3v) is 4.97. The molecule has 0 fully saturated rings. The van der Waals surface area contributed by atoms with E-state index in [1.54, 1.807) is 6.92 Å². The largest absolute Gasteiger partial charge is 0.395 e. The van der Waals surface area contributed by atoms with Gasteiger partial charge >= 0.3 is 0 Å². The van der Waals surface area contributed by atoms with Gasteiger partial charge in [-0.15, -0.1) is 11.3 Å². The van der Waals surface area contributed by atoms with Crippen LogP contribution in [0.2, 0.25) is 0 Å². The van der Waals surface area contributed by atoms with Gasteiger partial charge in [0.05, 0.1) is 17.8 Å². The Balaban J connectivity index is 2.71. The Morgan fingerprint density at radius 2 is 2.35 bits per heavy atom. The molecule has 0 aromatic carbocycles. The number of thiazole rings is 1. The van der Waals surface area contributed by atoms with Gasteiger partial charge in [0.15, 0.2) is 4.21 Å². The summed E-state index contributed by atoms with van der Waals surface area (Å²) in [7, 11) is -2.07. The fraction of sp³-hybridized carbons (Fsp3) is 0.667. The predicted octanol–water partition coefficient (Wildman–Crippen LogP) is 0.127. The number of hydrogen-bond donors (Lipinski definition) is 2. The fourth-order valence-electron chi connectivity index (χ4n) is 1.19. The van der Waals surface area contributed by atoms with E-state index in [2.05, 4.69) is 9.71 Å². The van der Waals surface area contributed by atoms with Crippen molar-refractivity contribution in [3.8, 4) is 0 Å². The van der Waals surface area contributed by atoms with Crippen molar-refractivity contribution in [2.75, 3.05) is 20.3 Å². The van der Waals surface area contributed by atoms with E-state index in [1.807, 2.05) is 0 Å². The number of nitrogens with one attached hydrogen (secondary N) is 1. The third kappa shape index (κ3) is 4.32. The molecule has 0 radical (unpaired) electrons. The van der Waals surface area contributed by atoms with Crippen LogP contribution in [0.3, 0.4) is 0 Å². The molecule has 0 amide bonds. The van der Waals surface area contributed by atoms with Crippen molar-refractivity contribution in [3.63, 3.8) is 0 Å². The SMILES string of the molecule is COCCC(CO)NS(=O)(=O)c1cnc(C)s1. The average molecular weight is 280 g/mol. The number of aliphatic hydroxyl groups excluding tert-OH is 1. The van der Waals surface area contributed by atoms with E-state index in [0.29, 0.717) is 18.0 Å². The smallest absolute Gasteiger partial charge is 0.252 e. The van der Waals surface area contributed by atoms with E-state index < -0.39 is 16.1 Å². The molecule has 1 aromatic rings. The minimum Gasteiger partial charge on any atom is -0.395 e. The Labute approximate surface area is 105 Å². The molecule has 0 spiro atoms. The predicted molar refractivity (Wildman–Crippen MR) is 64.5 cm³/mol. The van der Waals surface area contributed by atoms with Crippen LogP contribution < -0.4 is 4.72 Å². The summed E-state index contributed by atoms with van der Waals surface area (Å²) < 4.78 is 31.2. The zero-order valence-electron chi connectivity index (χ0n) is 9.71. The maximum absolute atomic E-state index is 11.9. The van der Waals surface area contributed by atoms with E-state index in [1.165, 1.54) is 13.3 Å². The van der Waals surface area contributed by atoms with Gasteiger partial charge in [-0.3, -0.25) is 0 Å². The second-order valence-electron chi connectivity index (χ2n) is 3.48. The lowest BCUT2D eigenvalue weighted by Crippen LogP contribution is -2.37. The highest BCUT2D eigenvalue weighted by atomic mass is 32.2. The van der Waals surface area contributed by atoms with E-state index >= 15 is 0 Å². The number of sulfonamides is 1. The molecule has 0 saturated heterocycles. The Morgan fingerprint density at radius 3 is 2.82 bits per heavy atom. The minimum absolute atomic E-state index is 0.158. The van der Waals surface area contributed by atoms with Crippen LogP contribution in [0.25, 0.3) is 0 Å². The van der Waals surface area contributed by atoms with E-state index in [9.17, 15) is 8.42 Å². The maximum atomic E-state index is 11.9. The average Bonchev–Trinajstić information content (AvgIpc) is 2.71. The Hall–Kier alpha value is -0.540. The minimum atomic E-state index is -3.59. The van der Waals surface area contributed by atoms with Crippen LogP contribution in [0.1, 0.15) is 11.4 Å². The van der Waals surface area contributed by atoms with Crippen LogP contribution in [0.15, 0.2) is 10.4 Å². The number of aromatic nitrogens is 1. The van der Waals surface area contributed by atoms with Gasteiger partial charge in [-0.25, -0.2) is 18.1 Å². The molecule has 98 valence electrons. The number of aryl methyl sites for hydroxylation is 1. The second kappa shape index (κ2) is 6.41. The molecule has 1 aromatic heterocycles. The zero-order chi connectivity index (χ0) is 12.9. The number of rotatable bonds is 7. The van der Waals surface area contributed by atoms with Crippen LogP contribution in [0.5, 0.6) is 0 Å². The topological polar surface area (TPSA) is 88.5 Å². The molecule has 0 saturated carbocycles. The third-order valence-electron chi connectivity index (χ3n) is 2.08. The summed E-state index contributed by atoms with van der Waals surface area (Å²) in [6, 6.07) is -0.539. The van der Waals surface area contributed by atoms with Gasteiger partial charge in [0, 0.05) is 19.8 Å². The van der Waals surface area contributed by atoms with E-state index in [-0.39, 0.29) is 10.8 Å². The lowest BCUT2D eigenvalue weighted by atomic mass is 10.2. The first-order valence-corrected chi connectivity index (χ1v) is 7.34. The molecular formula is C9H16N2O4S2. The molecule has 1 unspecified atom stereocenters. The molecule has 17 heavy (non-hydrogen) atoms. The van der Waals surface area contributed by atoms with Crippen LogP contribution in [0, 0.1) is 6.92 Å². The summed E-state index contributed by atoms with van der Waals surface area (Å²) in [5.74, 6) is 0. The number of ether oxygens (including phenoxy) is 1. The lowest BCUT2D eigenvalue weighted by molar-refractivity contribution is 0.166. The monoisotopic (exact) mass is 280 g/mol. The normalized spacial score (nSPS) is 13.8. The molecular weight excluding hydrogens is 264 g/mol. The summed E-state index contributed by atoms with van der Waals surface area (Å²) >= 11 is 1.10. The number of aliphatic hydroxyl groups is 1. The molecule has 1 heterocycles. The van der Waals surface area contributed by atoms with Gasteiger partial charge in [0.1, 0.15) is 0 Å². The van der Waals surface area contributed by atoms with E-state index in [4.69, 9.17) is 9.84 Å². The van der Waals surface area contributed by atoms with Crippen molar-refractivity contribution in [2.24, 2.45) is 0 Å². The molecule has 8 heteroatoms. The first-order chi connectivity index (χ1) is 7.99. The van der Waals surface area contributed by atoms with Crippen molar-refractivity contribution in [3.05, 3.63) is 11.2 Å². The molecule has 0 aliphatic carbocycles. The summed E-state index contributed by atoms with van der Waals surface area (Å²) in [5.41, 5.74) is 0. The molecule has 1 atom stereocenters. The molecule has 0 bridgehead atoms. The quantitative estimate of drug-likeness (QED) is 0.741. The molecule has 0 aliphatic rings. The molecule has 2 N–H and O–H groups in total. The van der Waals surface area contributed by atoms with Gasteiger partial charge in [0.2, 0.25) is 0 Å². The maximum Gasteiger partial charge on any atom is 0.252 e. The number of nitrogens with zero attached hydrogens (tertiary/aromatic N) is 1. The number of methoxy groups -OCH3 is 1. The van der Waals surface area contributed by atoms with Gasteiger partial charge in [-0.2, -0.15) is 0 Å². The zero-order valence-corrected chi connectivity index (χ0v) is 11.3. The van der Waals surface area contributed by atoms with Gasteiger partial charge in [-0.1, -0.05) is 0 Å². The molecule has 0 aliphatic heterocycles. The first-order valence-electron chi connectivity index (χ1n) is 5.04. The van der Waals surface area contributed by atoms with Crippen LogP contribution in [0.4, 0.5) is 0 Å². The van der Waals surface area contributed by atoms with Crippen LogP contribution in [-0.2, 0) is 14.8 Å². The van der Waals surface area contributed by atoms with Gasteiger partial charge < -0.3 is 9.84 Å². The van der Waals surface area contributed by atoms with Gasteiger partial charge in [0.25, 0.3) is 10.0 Å². The fourth-order valence-corrected chi connectivity index (χ4v) is 3.58. The highest BCUT2D eigenvalue weighted by Crippen LogP contribution is 2.18. The summed E-state index contributed by atoms with van der Waals surface area (Å²) in [6.07, 6.45) is 1.73. The lowest BCUT2D eigenvalue weighted by Gasteiger charge is -2.14. The molecule has 6 nitrogen and oxygen atoms in total. The Bertz CT molecular complexity index is 444. The Morgan fingerprint density at radius 1 is 1.65 bits per heavy atom. The van der Waals surface area contributed by atoms with E-state index in [0.717, 1.165) is 11.3 Å². The molecule has 1 rings (SSSR count). The standard InChI is InChI=1S/C9H16N2O4S2/c1-7-10-5-9(16-7)17(13,14)11-8(6-12)3-4-15-2/h5,8,11-12H,3-4,6H2,1-2H3. The highest BCUT2D eigenvalue weighted by Gasteiger charge is 2.21. The van der Waals surface area contributed by atoms with Crippen LogP contribution >= 0.6 is 11.3 Å². The number of hydrogen-bond acceptors (Lipinski definition) is 6. The summed E-state index contributed by atoms with van der Waals surface area (Å²) in [4.78, 5) is 3.89. The summed E-state index contributed by atoms with van der Waals surface area (Å²) in [6.45, 7) is 1.86. The Kier molecular flexibility index (Phi) is 5.47. The van der Waals surface area contributed by atoms with Crippen molar-refractivity contribution in [1.29, 1.82) is 0 Å².